The number of carbonyl (C=O) groups is 1. The van der Waals surface area contributed by atoms with Gasteiger partial charge >= 0.3 is 0 Å². The molecule has 0 aliphatic carbocycles. The van der Waals surface area contributed by atoms with Gasteiger partial charge in [-0.05, 0) is 58.9 Å². The number of benzene rings is 1. The SMILES string of the molecule is Cc1nc(-c2cccc(OCC(=O)NC(C)(C)C)c2)nc(Nc2ccc(N3CCOCC3)nc2)c1C. The second-order valence-electron chi connectivity index (χ2n) is 9.85. The first kappa shape index (κ1) is 25.4. The van der Waals surface area contributed by atoms with E-state index in [4.69, 9.17) is 14.5 Å². The lowest BCUT2D eigenvalue weighted by Gasteiger charge is -2.27. The minimum absolute atomic E-state index is 0.0608. The number of rotatable bonds is 7. The zero-order chi connectivity index (χ0) is 25.7. The van der Waals surface area contributed by atoms with Crippen LogP contribution < -0.4 is 20.3 Å². The predicted octanol–water partition coefficient (Wildman–Crippen LogP) is 4.03. The molecule has 1 aliphatic heterocycles. The van der Waals surface area contributed by atoms with Crippen molar-refractivity contribution < 1.29 is 14.3 Å². The highest BCUT2D eigenvalue weighted by molar-refractivity contribution is 5.78. The maximum absolute atomic E-state index is 12.1. The topological polar surface area (TPSA) is 102 Å². The Kier molecular flexibility index (Phi) is 7.69. The number of aryl methyl sites for hydroxylation is 1. The van der Waals surface area contributed by atoms with E-state index in [0.717, 1.165) is 54.6 Å². The van der Waals surface area contributed by atoms with Crippen LogP contribution in [-0.4, -0.2) is 59.3 Å². The molecular formula is C27H34N6O3. The van der Waals surface area contributed by atoms with Gasteiger partial charge in [-0.25, -0.2) is 15.0 Å². The molecule has 2 N–H and O–H groups in total. The fourth-order valence-electron chi connectivity index (χ4n) is 3.78. The Morgan fingerprint density at radius 1 is 1.11 bits per heavy atom. The Morgan fingerprint density at radius 3 is 2.58 bits per heavy atom. The summed E-state index contributed by atoms with van der Waals surface area (Å²) < 4.78 is 11.1. The Bertz CT molecular complexity index is 1200. The van der Waals surface area contributed by atoms with Gasteiger partial charge in [0.2, 0.25) is 0 Å². The summed E-state index contributed by atoms with van der Waals surface area (Å²) in [6, 6.07) is 11.5. The number of pyridine rings is 1. The monoisotopic (exact) mass is 490 g/mol. The van der Waals surface area contributed by atoms with Crippen LogP contribution in [0.3, 0.4) is 0 Å². The number of hydrogen-bond donors (Lipinski definition) is 2. The predicted molar refractivity (Wildman–Crippen MR) is 141 cm³/mol. The minimum Gasteiger partial charge on any atom is -0.484 e. The number of amides is 1. The first-order valence-corrected chi connectivity index (χ1v) is 12.1. The lowest BCUT2D eigenvalue weighted by Crippen LogP contribution is -2.43. The molecule has 190 valence electrons. The molecule has 1 aromatic carbocycles. The Balaban J connectivity index is 1.49. The highest BCUT2D eigenvalue weighted by Gasteiger charge is 2.16. The summed E-state index contributed by atoms with van der Waals surface area (Å²) >= 11 is 0. The van der Waals surface area contributed by atoms with E-state index in [1.54, 1.807) is 0 Å². The van der Waals surface area contributed by atoms with Crippen molar-refractivity contribution in [2.45, 2.75) is 40.2 Å². The zero-order valence-electron chi connectivity index (χ0n) is 21.6. The van der Waals surface area contributed by atoms with Gasteiger partial charge < -0.3 is 25.0 Å². The van der Waals surface area contributed by atoms with E-state index in [2.05, 4.69) is 25.5 Å². The van der Waals surface area contributed by atoms with Crippen LogP contribution in [0, 0.1) is 13.8 Å². The number of aromatic nitrogens is 3. The van der Waals surface area contributed by atoms with Crippen LogP contribution in [0.4, 0.5) is 17.3 Å². The number of nitrogens with zero attached hydrogens (tertiary/aromatic N) is 4. The van der Waals surface area contributed by atoms with Gasteiger partial charge in [0, 0.05) is 35.4 Å². The van der Waals surface area contributed by atoms with Crippen molar-refractivity contribution in [1.82, 2.24) is 20.3 Å². The fraction of sp³-hybridized carbons (Fsp3) is 0.407. The van der Waals surface area contributed by atoms with E-state index in [1.807, 2.05) is 77.2 Å². The van der Waals surface area contributed by atoms with E-state index < -0.39 is 0 Å². The first-order valence-electron chi connectivity index (χ1n) is 12.1. The van der Waals surface area contributed by atoms with Crippen LogP contribution in [-0.2, 0) is 9.53 Å². The fourth-order valence-corrected chi connectivity index (χ4v) is 3.78. The molecule has 0 spiro atoms. The summed E-state index contributed by atoms with van der Waals surface area (Å²) in [7, 11) is 0. The number of ether oxygens (including phenoxy) is 2. The van der Waals surface area contributed by atoms with Gasteiger partial charge in [-0.3, -0.25) is 4.79 Å². The standard InChI is InChI=1S/C27H34N6O3/c1-18-19(2)29-26(20-7-6-8-22(15-20)36-17-24(34)32-27(3,4)5)31-25(18)30-21-9-10-23(28-16-21)33-11-13-35-14-12-33/h6-10,15-16H,11-14,17H2,1-5H3,(H,32,34)(H,29,30,31). The van der Waals surface area contributed by atoms with E-state index in [-0.39, 0.29) is 18.1 Å². The summed E-state index contributed by atoms with van der Waals surface area (Å²) in [6.07, 6.45) is 1.82. The number of morpholine rings is 1. The third kappa shape index (κ3) is 6.69. The van der Waals surface area contributed by atoms with Crippen LogP contribution in [0.2, 0.25) is 0 Å². The quantitative estimate of drug-likeness (QED) is 0.512. The van der Waals surface area contributed by atoms with Gasteiger partial charge in [-0.2, -0.15) is 0 Å². The molecule has 1 amide bonds. The molecule has 0 saturated carbocycles. The molecule has 3 heterocycles. The summed E-state index contributed by atoms with van der Waals surface area (Å²) in [5.41, 5.74) is 3.17. The highest BCUT2D eigenvalue weighted by Crippen LogP contribution is 2.27. The largest absolute Gasteiger partial charge is 0.484 e. The minimum atomic E-state index is -0.308. The van der Waals surface area contributed by atoms with Crippen LogP contribution in [0.1, 0.15) is 32.0 Å². The number of nitrogens with one attached hydrogen (secondary N) is 2. The summed E-state index contributed by atoms with van der Waals surface area (Å²) in [4.78, 5) is 28.4. The molecule has 0 bridgehead atoms. The molecule has 0 atom stereocenters. The van der Waals surface area contributed by atoms with Crippen molar-refractivity contribution in [3.8, 4) is 17.1 Å². The maximum Gasteiger partial charge on any atom is 0.258 e. The smallest absolute Gasteiger partial charge is 0.258 e. The molecule has 36 heavy (non-hydrogen) atoms. The molecule has 9 heteroatoms. The molecule has 1 fully saturated rings. The molecule has 0 unspecified atom stereocenters. The van der Waals surface area contributed by atoms with Crippen molar-refractivity contribution in [3.63, 3.8) is 0 Å². The van der Waals surface area contributed by atoms with Crippen molar-refractivity contribution in [1.29, 1.82) is 0 Å². The van der Waals surface area contributed by atoms with Crippen LogP contribution >= 0.6 is 0 Å². The highest BCUT2D eigenvalue weighted by atomic mass is 16.5. The first-order chi connectivity index (χ1) is 17.2. The lowest BCUT2D eigenvalue weighted by atomic mass is 10.1. The number of hydrogen-bond acceptors (Lipinski definition) is 8. The van der Waals surface area contributed by atoms with Gasteiger partial charge in [0.1, 0.15) is 17.4 Å². The van der Waals surface area contributed by atoms with E-state index in [9.17, 15) is 4.79 Å². The molecule has 4 rings (SSSR count). The zero-order valence-corrected chi connectivity index (χ0v) is 21.6. The maximum atomic E-state index is 12.1. The second-order valence-corrected chi connectivity index (χ2v) is 9.85. The van der Waals surface area contributed by atoms with Crippen LogP contribution in [0.25, 0.3) is 11.4 Å². The van der Waals surface area contributed by atoms with Gasteiger partial charge in [0.05, 0.1) is 25.1 Å². The number of anilines is 3. The average Bonchev–Trinajstić information content (AvgIpc) is 2.85. The molecule has 1 saturated heterocycles. The van der Waals surface area contributed by atoms with Crippen LogP contribution in [0.5, 0.6) is 5.75 Å². The van der Waals surface area contributed by atoms with Gasteiger partial charge in [-0.1, -0.05) is 12.1 Å². The van der Waals surface area contributed by atoms with Gasteiger partial charge in [0.15, 0.2) is 12.4 Å². The summed E-state index contributed by atoms with van der Waals surface area (Å²) in [6.45, 7) is 12.8. The summed E-state index contributed by atoms with van der Waals surface area (Å²) in [5.74, 6) is 2.64. The van der Waals surface area contributed by atoms with Gasteiger partial charge in [0.25, 0.3) is 5.91 Å². The Morgan fingerprint density at radius 2 is 1.89 bits per heavy atom. The summed E-state index contributed by atoms with van der Waals surface area (Å²) in [5, 5.41) is 6.28. The number of carbonyl (C=O) groups excluding carboxylic acids is 1. The van der Waals surface area contributed by atoms with E-state index in [1.165, 1.54) is 0 Å². The van der Waals surface area contributed by atoms with Crippen molar-refractivity contribution >= 4 is 23.2 Å². The van der Waals surface area contributed by atoms with Crippen molar-refractivity contribution in [2.24, 2.45) is 0 Å². The second kappa shape index (κ2) is 10.9. The molecule has 3 aromatic rings. The van der Waals surface area contributed by atoms with E-state index in [0.29, 0.717) is 17.4 Å². The third-order valence-corrected chi connectivity index (χ3v) is 5.71. The average molecular weight is 491 g/mol. The molecule has 1 aliphatic rings. The van der Waals surface area contributed by atoms with Crippen molar-refractivity contribution in [3.05, 3.63) is 53.9 Å². The molecule has 0 radical (unpaired) electrons. The lowest BCUT2D eigenvalue weighted by molar-refractivity contribution is -0.124. The molecular weight excluding hydrogens is 456 g/mol. The Labute approximate surface area is 212 Å². The van der Waals surface area contributed by atoms with Crippen molar-refractivity contribution in [2.75, 3.05) is 43.1 Å². The molecule has 9 nitrogen and oxygen atoms in total. The van der Waals surface area contributed by atoms with Crippen LogP contribution in [0.15, 0.2) is 42.6 Å². The molecule has 2 aromatic heterocycles. The normalized spacial score (nSPS) is 13.9. The van der Waals surface area contributed by atoms with E-state index >= 15 is 0 Å². The third-order valence-electron chi connectivity index (χ3n) is 5.71. The Hall–Kier alpha value is -3.72. The van der Waals surface area contributed by atoms with Gasteiger partial charge in [-0.15, -0.1) is 0 Å².